The third kappa shape index (κ3) is 4.31. The lowest BCUT2D eigenvalue weighted by Crippen LogP contribution is -2.27. The minimum Gasteiger partial charge on any atom is -0.320 e. The first-order valence-corrected chi connectivity index (χ1v) is 8.96. The van der Waals surface area contributed by atoms with Crippen LogP contribution >= 0.6 is 35.3 Å². The molecule has 0 saturated heterocycles. The van der Waals surface area contributed by atoms with Crippen LogP contribution in [0.4, 0.5) is 0 Å². The van der Waals surface area contributed by atoms with E-state index in [-0.39, 0.29) is 12.4 Å². The van der Waals surface area contributed by atoms with E-state index in [0.29, 0.717) is 21.8 Å². The highest BCUT2D eigenvalue weighted by Crippen LogP contribution is 2.35. The molecule has 0 aliphatic rings. The summed E-state index contributed by atoms with van der Waals surface area (Å²) in [5.74, 6) is 0. The Morgan fingerprint density at radius 3 is 2.67 bits per heavy atom. The van der Waals surface area contributed by atoms with Gasteiger partial charge in [0.1, 0.15) is 4.90 Å². The Hall–Kier alpha value is -0.370. The highest BCUT2D eigenvalue weighted by atomic mass is 35.5. The Morgan fingerprint density at radius 2 is 2.00 bits per heavy atom. The van der Waals surface area contributed by atoms with Gasteiger partial charge in [-0.2, -0.15) is 0 Å². The lowest BCUT2D eigenvalue weighted by atomic mass is 10.2. The smallest absolute Gasteiger partial charge is 0.242 e. The standard InChI is InChI=1S/C13H17ClN2O2S2.ClH/c1-9-13(20(17,18)16-7-3-6-15-2)11-8-10(14)4-5-12(11)19-9;/h4-5,8,15-16H,3,6-7H2,1-2H3;1H. The summed E-state index contributed by atoms with van der Waals surface area (Å²) in [6, 6.07) is 5.34. The fourth-order valence-electron chi connectivity index (χ4n) is 2.05. The summed E-state index contributed by atoms with van der Waals surface area (Å²) in [6.45, 7) is 3.01. The first-order chi connectivity index (χ1) is 9.45. The first kappa shape index (κ1) is 18.7. The van der Waals surface area contributed by atoms with Crippen LogP contribution in [0.5, 0.6) is 0 Å². The summed E-state index contributed by atoms with van der Waals surface area (Å²) in [4.78, 5) is 1.13. The van der Waals surface area contributed by atoms with Gasteiger partial charge in [-0.05, 0) is 45.1 Å². The maximum Gasteiger partial charge on any atom is 0.242 e. The summed E-state index contributed by atoms with van der Waals surface area (Å²) in [5, 5.41) is 4.23. The third-order valence-corrected chi connectivity index (χ3v) is 6.03. The summed E-state index contributed by atoms with van der Waals surface area (Å²) in [5.41, 5.74) is 0. The van der Waals surface area contributed by atoms with Gasteiger partial charge in [-0.25, -0.2) is 13.1 Å². The van der Waals surface area contributed by atoms with Crippen molar-refractivity contribution in [3.63, 3.8) is 0 Å². The van der Waals surface area contributed by atoms with Crippen LogP contribution < -0.4 is 10.0 Å². The Balaban J connectivity index is 0.00000220. The molecule has 1 aromatic carbocycles. The molecule has 0 aliphatic carbocycles. The van der Waals surface area contributed by atoms with Crippen LogP contribution in [0.3, 0.4) is 0 Å². The number of benzene rings is 1. The van der Waals surface area contributed by atoms with Crippen molar-refractivity contribution >= 4 is 55.5 Å². The molecule has 1 aromatic heterocycles. The molecule has 0 amide bonds. The zero-order chi connectivity index (χ0) is 14.8. The highest BCUT2D eigenvalue weighted by Gasteiger charge is 2.22. The predicted octanol–water partition coefficient (Wildman–Crippen LogP) is 3.17. The van der Waals surface area contributed by atoms with E-state index >= 15 is 0 Å². The normalized spacial score (nSPS) is 11.6. The number of nitrogens with one attached hydrogen (secondary N) is 2. The van der Waals surface area contributed by atoms with Crippen LogP contribution in [0.2, 0.25) is 5.02 Å². The maximum absolute atomic E-state index is 12.4. The van der Waals surface area contributed by atoms with Gasteiger partial charge in [0, 0.05) is 26.5 Å². The summed E-state index contributed by atoms with van der Waals surface area (Å²) < 4.78 is 28.4. The average Bonchev–Trinajstić information content (AvgIpc) is 2.70. The van der Waals surface area contributed by atoms with Crippen molar-refractivity contribution in [2.75, 3.05) is 20.1 Å². The van der Waals surface area contributed by atoms with E-state index in [0.717, 1.165) is 22.5 Å². The van der Waals surface area contributed by atoms with Gasteiger partial charge in [0.25, 0.3) is 0 Å². The molecular formula is C13H18Cl2N2O2S2. The molecule has 0 unspecified atom stereocenters. The number of thiophene rings is 1. The zero-order valence-corrected chi connectivity index (χ0v) is 15.0. The van der Waals surface area contributed by atoms with Crippen molar-refractivity contribution in [2.45, 2.75) is 18.2 Å². The van der Waals surface area contributed by atoms with Crippen molar-refractivity contribution in [2.24, 2.45) is 0 Å². The highest BCUT2D eigenvalue weighted by molar-refractivity contribution is 7.90. The molecule has 4 nitrogen and oxygen atoms in total. The molecule has 2 rings (SSSR count). The lowest BCUT2D eigenvalue weighted by molar-refractivity contribution is 0.578. The van der Waals surface area contributed by atoms with Gasteiger partial charge in [-0.1, -0.05) is 11.6 Å². The van der Waals surface area contributed by atoms with E-state index in [1.165, 1.54) is 11.3 Å². The zero-order valence-electron chi connectivity index (χ0n) is 11.8. The van der Waals surface area contributed by atoms with Gasteiger partial charge >= 0.3 is 0 Å². The number of sulfonamides is 1. The quantitative estimate of drug-likeness (QED) is 0.769. The molecule has 118 valence electrons. The van der Waals surface area contributed by atoms with Gasteiger partial charge < -0.3 is 5.32 Å². The number of aryl methyl sites for hydroxylation is 1. The summed E-state index contributed by atoms with van der Waals surface area (Å²) in [6.07, 6.45) is 0.748. The van der Waals surface area contributed by atoms with Crippen molar-refractivity contribution in [1.82, 2.24) is 10.0 Å². The number of fused-ring (bicyclic) bond motifs is 1. The van der Waals surface area contributed by atoms with E-state index in [1.807, 2.05) is 20.0 Å². The molecule has 0 aliphatic heterocycles. The molecule has 0 saturated carbocycles. The predicted molar refractivity (Wildman–Crippen MR) is 92.6 cm³/mol. The SMILES string of the molecule is CNCCCNS(=O)(=O)c1c(C)sc2ccc(Cl)cc12.Cl. The Morgan fingerprint density at radius 1 is 1.29 bits per heavy atom. The van der Waals surface area contributed by atoms with Gasteiger partial charge in [0.15, 0.2) is 0 Å². The Labute approximate surface area is 140 Å². The van der Waals surface area contributed by atoms with Gasteiger partial charge in [-0.15, -0.1) is 23.7 Å². The average molecular weight is 369 g/mol. The molecule has 8 heteroatoms. The van der Waals surface area contributed by atoms with E-state index in [9.17, 15) is 8.42 Å². The second-order valence-corrected chi connectivity index (χ2v) is 7.88. The number of hydrogen-bond donors (Lipinski definition) is 2. The largest absolute Gasteiger partial charge is 0.320 e. The molecular weight excluding hydrogens is 351 g/mol. The van der Waals surface area contributed by atoms with Crippen molar-refractivity contribution in [3.05, 3.63) is 28.1 Å². The Kier molecular flexibility index (Phi) is 6.90. The summed E-state index contributed by atoms with van der Waals surface area (Å²) >= 11 is 7.44. The van der Waals surface area contributed by atoms with Gasteiger partial charge in [0.2, 0.25) is 10.0 Å². The Bertz CT molecular complexity index is 714. The fourth-order valence-corrected chi connectivity index (χ4v) is 5.07. The first-order valence-electron chi connectivity index (χ1n) is 6.28. The van der Waals surface area contributed by atoms with Crippen LogP contribution in [-0.4, -0.2) is 28.6 Å². The van der Waals surface area contributed by atoms with Crippen LogP contribution in [0, 0.1) is 6.92 Å². The number of hydrogen-bond acceptors (Lipinski definition) is 4. The van der Waals surface area contributed by atoms with E-state index in [4.69, 9.17) is 11.6 Å². The molecule has 1 heterocycles. The second kappa shape index (κ2) is 7.76. The van der Waals surface area contributed by atoms with Crippen molar-refractivity contribution in [3.8, 4) is 0 Å². The van der Waals surface area contributed by atoms with E-state index < -0.39 is 10.0 Å². The van der Waals surface area contributed by atoms with E-state index in [1.54, 1.807) is 12.1 Å². The van der Waals surface area contributed by atoms with Crippen molar-refractivity contribution in [1.29, 1.82) is 0 Å². The number of rotatable bonds is 6. The van der Waals surface area contributed by atoms with Gasteiger partial charge in [0.05, 0.1) is 0 Å². The second-order valence-electron chi connectivity index (χ2n) is 4.48. The van der Waals surface area contributed by atoms with E-state index in [2.05, 4.69) is 10.0 Å². The molecule has 0 atom stereocenters. The monoisotopic (exact) mass is 368 g/mol. The molecule has 2 N–H and O–H groups in total. The van der Waals surface area contributed by atoms with Crippen LogP contribution in [-0.2, 0) is 10.0 Å². The molecule has 0 bridgehead atoms. The van der Waals surface area contributed by atoms with Gasteiger partial charge in [-0.3, -0.25) is 0 Å². The van der Waals surface area contributed by atoms with Crippen molar-refractivity contribution < 1.29 is 8.42 Å². The van der Waals surface area contributed by atoms with Crippen LogP contribution in [0.15, 0.2) is 23.1 Å². The minimum absolute atomic E-state index is 0. The summed E-state index contributed by atoms with van der Waals surface area (Å²) in [7, 11) is -1.66. The minimum atomic E-state index is -3.50. The van der Waals surface area contributed by atoms with Crippen LogP contribution in [0.25, 0.3) is 10.1 Å². The van der Waals surface area contributed by atoms with Crippen LogP contribution in [0.1, 0.15) is 11.3 Å². The molecule has 21 heavy (non-hydrogen) atoms. The fraction of sp³-hybridized carbons (Fsp3) is 0.385. The molecule has 0 spiro atoms. The molecule has 2 aromatic rings. The molecule has 0 fully saturated rings. The topological polar surface area (TPSA) is 58.2 Å². The maximum atomic E-state index is 12.4. The molecule has 0 radical (unpaired) electrons. The number of halogens is 2. The lowest BCUT2D eigenvalue weighted by Gasteiger charge is -2.07. The third-order valence-electron chi connectivity index (χ3n) is 2.93.